The van der Waals surface area contributed by atoms with Crippen LogP contribution in [-0.4, -0.2) is 29.4 Å². The highest BCUT2D eigenvalue weighted by Gasteiger charge is 2.16. The van der Waals surface area contributed by atoms with Crippen LogP contribution in [0.3, 0.4) is 0 Å². The van der Waals surface area contributed by atoms with E-state index in [2.05, 4.69) is 6.07 Å². The topological polar surface area (TPSA) is 51.5 Å². The molecule has 2 rings (SSSR count). The van der Waals surface area contributed by atoms with Gasteiger partial charge >= 0.3 is 5.97 Å². The van der Waals surface area contributed by atoms with Crippen molar-refractivity contribution >= 4 is 34.5 Å². The van der Waals surface area contributed by atoms with Gasteiger partial charge in [-0.3, -0.25) is 0 Å². The summed E-state index contributed by atoms with van der Waals surface area (Å²) in [5.41, 5.74) is 3.98. The molecule has 0 fully saturated rings. The fourth-order valence-corrected chi connectivity index (χ4v) is 2.92. The molecule has 1 N–H and O–H groups in total. The molecule has 112 valence electrons. The number of halogens is 1. The van der Waals surface area contributed by atoms with Crippen molar-refractivity contribution in [3.8, 4) is 0 Å². The molecule has 0 unspecified atom stereocenters. The van der Waals surface area contributed by atoms with Gasteiger partial charge in [0.05, 0.1) is 12.1 Å². The van der Waals surface area contributed by atoms with E-state index in [1.165, 1.54) is 0 Å². The third-order valence-electron chi connectivity index (χ3n) is 3.38. The van der Waals surface area contributed by atoms with Crippen LogP contribution in [0.4, 0.5) is 0 Å². The van der Waals surface area contributed by atoms with Crippen LogP contribution in [0.1, 0.15) is 16.7 Å². The highest BCUT2D eigenvalue weighted by atomic mass is 35.5. The minimum Gasteiger partial charge on any atom is -0.478 e. The third kappa shape index (κ3) is 3.12. The Morgan fingerprint density at radius 1 is 1.43 bits per heavy atom. The molecule has 0 bridgehead atoms. The highest BCUT2D eigenvalue weighted by Crippen LogP contribution is 2.34. The molecule has 0 spiro atoms. The molecule has 1 heterocycles. The molecular weight excluding hydrogens is 290 g/mol. The Labute approximate surface area is 128 Å². The number of aryl methyl sites for hydroxylation is 2. The second kappa shape index (κ2) is 6.33. The molecule has 2 aromatic rings. The number of aromatic nitrogens is 1. The predicted molar refractivity (Wildman–Crippen MR) is 85.0 cm³/mol. The van der Waals surface area contributed by atoms with Gasteiger partial charge in [-0.05, 0) is 31.6 Å². The van der Waals surface area contributed by atoms with E-state index >= 15 is 0 Å². The standard InChI is InChI=1S/C16H18ClNO3/c1-10-8-11(2)15-13(9-10)12(4-5-14(19)20)16(17)18(15)6-7-21-3/h4-5,8-9H,6-7H2,1-3H3,(H,19,20)/b5-4+. The van der Waals surface area contributed by atoms with E-state index in [0.29, 0.717) is 18.3 Å². The Balaban J connectivity index is 2.72. The summed E-state index contributed by atoms with van der Waals surface area (Å²) in [5.74, 6) is -0.992. The first kappa shape index (κ1) is 15.6. The van der Waals surface area contributed by atoms with Crippen molar-refractivity contribution in [3.05, 3.63) is 40.1 Å². The highest BCUT2D eigenvalue weighted by molar-refractivity contribution is 6.33. The van der Waals surface area contributed by atoms with Crippen LogP contribution in [-0.2, 0) is 16.1 Å². The molecule has 1 aromatic heterocycles. The average molecular weight is 308 g/mol. The number of aliphatic carboxylic acids is 1. The summed E-state index contributed by atoms with van der Waals surface area (Å²) >= 11 is 6.46. The molecule has 0 amide bonds. The van der Waals surface area contributed by atoms with Crippen LogP contribution >= 0.6 is 11.6 Å². The van der Waals surface area contributed by atoms with Gasteiger partial charge < -0.3 is 14.4 Å². The zero-order valence-electron chi connectivity index (χ0n) is 12.3. The maximum Gasteiger partial charge on any atom is 0.328 e. The first-order valence-corrected chi connectivity index (χ1v) is 7.02. The van der Waals surface area contributed by atoms with Crippen LogP contribution in [0.25, 0.3) is 17.0 Å². The van der Waals surface area contributed by atoms with Crippen molar-refractivity contribution in [3.63, 3.8) is 0 Å². The van der Waals surface area contributed by atoms with Crippen molar-refractivity contribution < 1.29 is 14.6 Å². The molecule has 4 nitrogen and oxygen atoms in total. The number of nitrogens with zero attached hydrogens (tertiary/aromatic N) is 1. The molecule has 0 aliphatic carbocycles. The molecule has 0 saturated heterocycles. The quantitative estimate of drug-likeness (QED) is 0.858. The maximum absolute atomic E-state index is 10.8. The minimum atomic E-state index is -0.992. The number of hydrogen-bond donors (Lipinski definition) is 1. The molecule has 0 saturated carbocycles. The lowest BCUT2D eigenvalue weighted by Crippen LogP contribution is -2.04. The second-order valence-electron chi connectivity index (χ2n) is 5.00. The number of rotatable bonds is 5. The van der Waals surface area contributed by atoms with Crippen LogP contribution in [0.15, 0.2) is 18.2 Å². The van der Waals surface area contributed by atoms with Crippen LogP contribution < -0.4 is 0 Å². The summed E-state index contributed by atoms with van der Waals surface area (Å²) in [6.07, 6.45) is 2.66. The largest absolute Gasteiger partial charge is 0.478 e. The summed E-state index contributed by atoms with van der Waals surface area (Å²) < 4.78 is 7.10. The lowest BCUT2D eigenvalue weighted by molar-refractivity contribution is -0.131. The molecule has 21 heavy (non-hydrogen) atoms. The number of hydrogen-bond acceptors (Lipinski definition) is 2. The molecule has 0 aliphatic rings. The van der Waals surface area contributed by atoms with E-state index in [1.807, 2.05) is 24.5 Å². The molecular formula is C16H18ClNO3. The molecule has 5 heteroatoms. The van der Waals surface area contributed by atoms with Gasteiger partial charge in [0.15, 0.2) is 0 Å². The fraction of sp³-hybridized carbons (Fsp3) is 0.312. The molecule has 0 atom stereocenters. The number of ether oxygens (including phenoxy) is 1. The lowest BCUT2D eigenvalue weighted by atomic mass is 10.1. The predicted octanol–water partition coefficient (Wildman–Crippen LogP) is 3.66. The zero-order valence-corrected chi connectivity index (χ0v) is 13.1. The Hall–Kier alpha value is -1.78. The lowest BCUT2D eigenvalue weighted by Gasteiger charge is -2.08. The third-order valence-corrected chi connectivity index (χ3v) is 3.78. The van der Waals surface area contributed by atoms with Gasteiger partial charge in [0.2, 0.25) is 0 Å². The summed E-state index contributed by atoms with van der Waals surface area (Å²) in [6.45, 7) is 5.20. The van der Waals surface area contributed by atoms with Gasteiger partial charge in [-0.15, -0.1) is 0 Å². The van der Waals surface area contributed by atoms with Gasteiger partial charge in [0.1, 0.15) is 5.15 Å². The molecule has 0 aliphatic heterocycles. The number of carboxylic acid groups (broad SMARTS) is 1. The van der Waals surface area contributed by atoms with E-state index in [4.69, 9.17) is 21.4 Å². The van der Waals surface area contributed by atoms with E-state index in [0.717, 1.165) is 33.7 Å². The number of carboxylic acids is 1. The van der Waals surface area contributed by atoms with Gasteiger partial charge in [0.25, 0.3) is 0 Å². The summed E-state index contributed by atoms with van der Waals surface area (Å²) in [6, 6.07) is 4.12. The van der Waals surface area contributed by atoms with Crippen molar-refractivity contribution in [2.24, 2.45) is 0 Å². The Morgan fingerprint density at radius 2 is 2.14 bits per heavy atom. The van der Waals surface area contributed by atoms with Crippen molar-refractivity contribution in [2.45, 2.75) is 20.4 Å². The van der Waals surface area contributed by atoms with Crippen LogP contribution in [0, 0.1) is 13.8 Å². The fourth-order valence-electron chi connectivity index (χ4n) is 2.58. The monoisotopic (exact) mass is 307 g/mol. The number of fused-ring (bicyclic) bond motifs is 1. The maximum atomic E-state index is 10.8. The van der Waals surface area contributed by atoms with E-state index in [9.17, 15) is 4.79 Å². The minimum absolute atomic E-state index is 0.535. The average Bonchev–Trinajstić information content (AvgIpc) is 2.66. The molecule has 0 radical (unpaired) electrons. The van der Waals surface area contributed by atoms with Crippen LogP contribution in [0.2, 0.25) is 5.15 Å². The SMILES string of the molecule is COCCn1c(Cl)c(/C=C/C(=O)O)c2cc(C)cc(C)c21. The normalized spacial score (nSPS) is 11.6. The van der Waals surface area contributed by atoms with Gasteiger partial charge in [-0.1, -0.05) is 23.2 Å². The van der Waals surface area contributed by atoms with Gasteiger partial charge in [-0.25, -0.2) is 4.79 Å². The first-order chi connectivity index (χ1) is 9.95. The molecule has 1 aromatic carbocycles. The van der Waals surface area contributed by atoms with Crippen molar-refractivity contribution in [1.82, 2.24) is 4.57 Å². The van der Waals surface area contributed by atoms with Crippen molar-refractivity contribution in [2.75, 3.05) is 13.7 Å². The Bertz CT molecular complexity index is 716. The van der Waals surface area contributed by atoms with Crippen LogP contribution in [0.5, 0.6) is 0 Å². The zero-order chi connectivity index (χ0) is 15.6. The smallest absolute Gasteiger partial charge is 0.328 e. The Kier molecular flexibility index (Phi) is 4.70. The summed E-state index contributed by atoms with van der Waals surface area (Å²) in [5, 5.41) is 10.3. The van der Waals surface area contributed by atoms with Gasteiger partial charge in [-0.2, -0.15) is 0 Å². The first-order valence-electron chi connectivity index (χ1n) is 6.64. The Morgan fingerprint density at radius 3 is 2.76 bits per heavy atom. The van der Waals surface area contributed by atoms with E-state index < -0.39 is 5.97 Å². The number of carbonyl (C=O) groups is 1. The number of methoxy groups -OCH3 is 1. The second-order valence-corrected chi connectivity index (χ2v) is 5.36. The van der Waals surface area contributed by atoms with Crippen molar-refractivity contribution in [1.29, 1.82) is 0 Å². The summed E-state index contributed by atoms with van der Waals surface area (Å²) in [4.78, 5) is 10.8. The van der Waals surface area contributed by atoms with Gasteiger partial charge in [0, 0.05) is 30.7 Å². The number of benzene rings is 1. The van der Waals surface area contributed by atoms with E-state index in [-0.39, 0.29) is 0 Å². The summed E-state index contributed by atoms with van der Waals surface area (Å²) in [7, 11) is 1.64. The van der Waals surface area contributed by atoms with E-state index in [1.54, 1.807) is 13.2 Å².